The van der Waals surface area contributed by atoms with Crippen LogP contribution in [-0.4, -0.2) is 88.0 Å². The second-order valence-electron chi connectivity index (χ2n) is 17.8. The number of hydrogen-bond donors (Lipinski definition) is 0. The fraction of sp³-hybridized carbons (Fsp3) is 0. The van der Waals surface area contributed by atoms with Crippen LogP contribution in [0.1, 0.15) is 0 Å². The molecule has 1 heterocycles. The molecule has 0 spiro atoms. The molecule has 0 aliphatic heterocycles. The number of hydrogen-bond acceptors (Lipinski definition) is 1. The van der Waals surface area contributed by atoms with Crippen LogP contribution in [0.15, 0.2) is 146 Å². The molecule has 0 unspecified atom stereocenters. The molecule has 0 saturated carbocycles. The summed E-state index contributed by atoms with van der Waals surface area (Å²) in [4.78, 5) is 5.18. The van der Waals surface area contributed by atoms with Gasteiger partial charge in [0.1, 0.15) is 84.3 Å². The lowest BCUT2D eigenvalue weighted by Crippen LogP contribution is -2.55. The van der Waals surface area contributed by atoms with Gasteiger partial charge in [0.2, 0.25) is 0 Å². The van der Waals surface area contributed by atoms with E-state index in [2.05, 4.69) is 229 Å². The van der Waals surface area contributed by atoms with Gasteiger partial charge in [0.05, 0.1) is 11.0 Å². The molecule has 0 aliphatic carbocycles. The van der Waals surface area contributed by atoms with Gasteiger partial charge in [-0.2, -0.15) is 0 Å². The lowest BCUT2D eigenvalue weighted by Gasteiger charge is -2.25. The Kier molecular flexibility index (Phi) is 10.2. The molecule has 0 fully saturated rings. The Hall–Kier alpha value is -6.38. The van der Waals surface area contributed by atoms with Crippen LogP contribution in [0, 0.1) is 0 Å². The monoisotopic (exact) mass is 794 g/mol. The van der Waals surface area contributed by atoms with Crippen molar-refractivity contribution in [3.63, 3.8) is 0 Å². The third kappa shape index (κ3) is 6.52. The van der Waals surface area contributed by atoms with Gasteiger partial charge < -0.3 is 0 Å². The Morgan fingerprint density at radius 3 is 1.17 bits per heavy atom. The number of aromatic nitrogens is 2. The number of rotatable bonds is 6. The van der Waals surface area contributed by atoms with Crippen molar-refractivity contribution in [2.75, 3.05) is 0 Å². The lowest BCUT2D eigenvalue weighted by molar-refractivity contribution is 1.10. The van der Waals surface area contributed by atoms with E-state index in [1.165, 1.54) is 121 Å². The Balaban J connectivity index is 1.27. The Labute approximate surface area is 380 Å². The normalized spacial score (nSPS) is 11.5. The maximum absolute atomic E-state index is 5.18. The van der Waals surface area contributed by atoms with E-state index < -0.39 is 0 Å². The minimum Gasteiger partial charge on any atom is -0.292 e. The minimum atomic E-state index is 0.934. The third-order valence-corrected chi connectivity index (χ3v) is 14.7. The summed E-state index contributed by atoms with van der Waals surface area (Å²) in [5, 5.41) is 4.95. The fourth-order valence-electron chi connectivity index (χ4n) is 10.5. The van der Waals surface area contributed by atoms with Gasteiger partial charge in [-0.3, -0.25) is 4.57 Å². The van der Waals surface area contributed by atoms with Crippen molar-refractivity contribution in [1.29, 1.82) is 0 Å². The number of fused-ring (bicyclic) bond motifs is 3. The summed E-state index contributed by atoms with van der Waals surface area (Å²) in [6.45, 7) is 0. The standard InChI is InChI=1S/C51H44B10N2/c52-41-39(42(53)46(57)49(60)45(41)56)28-21-27(22-29(23-28)40-43(54)47(58)50(61)48(59)44(40)55)38-33-17-6-4-15-31(33)37(32-16-5-7-18-34(32)38)26-13-10-14-30(24-26)63-36-20-9-8-19-35(36)62-51(63)25-11-2-1-3-12-25/h1-24H,52-61H2. The Morgan fingerprint density at radius 2 is 0.683 bits per heavy atom. The first kappa shape index (κ1) is 40.7. The number of benzene rings is 9. The molecule has 0 aliphatic rings. The zero-order valence-corrected chi connectivity index (χ0v) is 38.3. The van der Waals surface area contributed by atoms with Crippen LogP contribution in [0.2, 0.25) is 0 Å². The van der Waals surface area contributed by atoms with Crippen molar-refractivity contribution in [3.05, 3.63) is 146 Å². The van der Waals surface area contributed by atoms with E-state index in [4.69, 9.17) is 4.98 Å². The van der Waals surface area contributed by atoms with Crippen molar-refractivity contribution < 1.29 is 0 Å². The fourth-order valence-corrected chi connectivity index (χ4v) is 10.5. The van der Waals surface area contributed by atoms with Crippen molar-refractivity contribution in [1.82, 2.24) is 9.55 Å². The zero-order chi connectivity index (χ0) is 43.8. The summed E-state index contributed by atoms with van der Waals surface area (Å²) < 4.78 is 2.32. The second kappa shape index (κ2) is 15.8. The number of para-hydroxylation sites is 2. The summed E-state index contributed by atoms with van der Waals surface area (Å²) in [6.07, 6.45) is 0. The maximum atomic E-state index is 5.18. The van der Waals surface area contributed by atoms with E-state index in [1.807, 2.05) is 0 Å². The predicted molar refractivity (Wildman–Crippen MR) is 305 cm³/mol. The SMILES string of the molecule is Bc1c(B)c(B)c(-c2cc(-c3c(B)c(B)c(B)c(B)c3B)cc(-c3c4ccccc4c(-c4cccc(-n5c(-c6ccccc6)nc6ccccc65)c4)c4ccccc34)c2)c(B)c1B. The van der Waals surface area contributed by atoms with Gasteiger partial charge in [0.25, 0.3) is 0 Å². The molecule has 9 aromatic carbocycles. The van der Waals surface area contributed by atoms with Crippen molar-refractivity contribution in [2.24, 2.45) is 0 Å². The molecule has 0 N–H and O–H groups in total. The lowest BCUT2D eigenvalue weighted by atomic mass is 9.59. The van der Waals surface area contributed by atoms with Crippen molar-refractivity contribution in [3.8, 4) is 61.6 Å². The molecule has 10 aromatic rings. The summed E-state index contributed by atoms with van der Waals surface area (Å²) in [6, 6.07) is 53.6. The highest BCUT2D eigenvalue weighted by molar-refractivity contribution is 6.70. The first-order valence-corrected chi connectivity index (χ1v) is 22.3. The molecular weight excluding hydrogens is 749 g/mol. The van der Waals surface area contributed by atoms with E-state index in [1.54, 1.807) is 0 Å². The molecule has 12 heteroatoms. The highest BCUT2D eigenvalue weighted by Gasteiger charge is 2.23. The van der Waals surface area contributed by atoms with E-state index in [-0.39, 0.29) is 0 Å². The third-order valence-electron chi connectivity index (χ3n) is 14.7. The summed E-state index contributed by atoms with van der Waals surface area (Å²) in [5.41, 5.74) is 28.1. The second-order valence-corrected chi connectivity index (χ2v) is 17.8. The summed E-state index contributed by atoms with van der Waals surface area (Å²) >= 11 is 0. The first-order valence-electron chi connectivity index (χ1n) is 22.3. The molecule has 0 atom stereocenters. The van der Waals surface area contributed by atoms with Crippen LogP contribution in [-0.2, 0) is 0 Å². The van der Waals surface area contributed by atoms with Crippen molar-refractivity contribution in [2.45, 2.75) is 0 Å². The average Bonchev–Trinajstić information content (AvgIpc) is 3.71. The van der Waals surface area contributed by atoms with Crippen molar-refractivity contribution >= 4 is 166 Å². The topological polar surface area (TPSA) is 17.8 Å². The van der Waals surface area contributed by atoms with Gasteiger partial charge in [-0.05, 0) is 109 Å². The predicted octanol–water partition coefficient (Wildman–Crippen LogP) is -3.75. The Morgan fingerprint density at radius 1 is 0.302 bits per heavy atom. The van der Waals surface area contributed by atoms with Gasteiger partial charge in [-0.15, -0.1) is 32.8 Å². The van der Waals surface area contributed by atoms with Gasteiger partial charge in [0.15, 0.2) is 0 Å². The van der Waals surface area contributed by atoms with E-state index in [0.29, 0.717) is 0 Å². The molecule has 1 aromatic heterocycles. The van der Waals surface area contributed by atoms with E-state index >= 15 is 0 Å². The van der Waals surface area contributed by atoms with Gasteiger partial charge >= 0.3 is 0 Å². The average molecular weight is 793 g/mol. The van der Waals surface area contributed by atoms with Gasteiger partial charge in [-0.25, -0.2) is 4.98 Å². The van der Waals surface area contributed by atoms with Gasteiger partial charge in [0, 0.05) is 11.3 Å². The van der Waals surface area contributed by atoms with Crippen LogP contribution in [0.4, 0.5) is 0 Å². The molecule has 10 rings (SSSR count). The maximum Gasteiger partial charge on any atom is 0.145 e. The number of nitrogens with zero attached hydrogens (tertiary/aromatic N) is 2. The Bertz CT molecular complexity index is 3320. The molecule has 0 saturated heterocycles. The minimum absolute atomic E-state index is 0.934. The quantitative estimate of drug-likeness (QED) is 0.125. The highest BCUT2D eigenvalue weighted by atomic mass is 15.1. The largest absolute Gasteiger partial charge is 0.292 e. The van der Waals surface area contributed by atoms with Gasteiger partial charge in [-0.1, -0.05) is 125 Å². The summed E-state index contributed by atoms with van der Waals surface area (Å²) in [7, 11) is 23.0. The van der Waals surface area contributed by atoms with Crippen LogP contribution < -0.4 is 54.6 Å². The van der Waals surface area contributed by atoms with E-state index in [0.717, 1.165) is 28.1 Å². The molecule has 288 valence electrons. The molecule has 0 radical (unpaired) electrons. The number of imidazole rings is 1. The van der Waals surface area contributed by atoms with Crippen LogP contribution in [0.3, 0.4) is 0 Å². The molecule has 63 heavy (non-hydrogen) atoms. The van der Waals surface area contributed by atoms with Crippen LogP contribution >= 0.6 is 0 Å². The highest BCUT2D eigenvalue weighted by Crippen LogP contribution is 2.45. The van der Waals surface area contributed by atoms with Crippen LogP contribution in [0.25, 0.3) is 94.2 Å². The molecule has 0 amide bonds. The molecule has 2 nitrogen and oxygen atoms in total. The molecule has 0 bridgehead atoms. The van der Waals surface area contributed by atoms with Crippen LogP contribution in [0.5, 0.6) is 0 Å². The molecular formula is C51H44B10N2. The summed E-state index contributed by atoms with van der Waals surface area (Å²) in [5.74, 6) is 0.934. The smallest absolute Gasteiger partial charge is 0.145 e. The van der Waals surface area contributed by atoms with E-state index in [9.17, 15) is 0 Å². The zero-order valence-electron chi connectivity index (χ0n) is 38.3. The first-order chi connectivity index (χ1) is 30.4.